The van der Waals surface area contributed by atoms with Gasteiger partial charge in [0.05, 0.1) is 12.5 Å². The van der Waals surface area contributed by atoms with Gasteiger partial charge in [0.15, 0.2) is 0 Å². The molecule has 3 nitrogen and oxygen atoms in total. The van der Waals surface area contributed by atoms with Gasteiger partial charge >= 0.3 is 0 Å². The Kier molecular flexibility index (Phi) is 4.91. The monoisotopic (exact) mass is 270 g/mol. The van der Waals surface area contributed by atoms with E-state index in [2.05, 4.69) is 0 Å². The molecular weight excluding hydrogens is 252 g/mol. The zero-order valence-corrected chi connectivity index (χ0v) is 11.5. The Morgan fingerprint density at radius 2 is 1.65 bits per heavy atom. The predicted molar refractivity (Wildman–Crippen MR) is 78.0 cm³/mol. The van der Waals surface area contributed by atoms with Crippen molar-refractivity contribution in [1.29, 1.82) is 0 Å². The second-order valence-corrected chi connectivity index (χ2v) is 4.60. The SMILES string of the molecule is CC(=O)C(c1ccccc1)c1ccc(OCCO)cc1. The molecule has 20 heavy (non-hydrogen) atoms. The largest absolute Gasteiger partial charge is 0.491 e. The van der Waals surface area contributed by atoms with Crippen LogP contribution in [-0.4, -0.2) is 24.1 Å². The average molecular weight is 270 g/mol. The van der Waals surface area contributed by atoms with Gasteiger partial charge < -0.3 is 9.84 Å². The van der Waals surface area contributed by atoms with Crippen LogP contribution < -0.4 is 4.74 Å². The lowest BCUT2D eigenvalue weighted by molar-refractivity contribution is -0.117. The van der Waals surface area contributed by atoms with Gasteiger partial charge in [0.2, 0.25) is 0 Å². The molecular formula is C17H18O3. The van der Waals surface area contributed by atoms with E-state index in [1.807, 2.05) is 54.6 Å². The molecule has 1 unspecified atom stereocenters. The highest BCUT2D eigenvalue weighted by atomic mass is 16.5. The molecule has 0 radical (unpaired) electrons. The van der Waals surface area contributed by atoms with Crippen LogP contribution in [0.3, 0.4) is 0 Å². The number of carbonyl (C=O) groups excluding carboxylic acids is 1. The number of aliphatic hydroxyl groups is 1. The molecule has 0 saturated carbocycles. The molecule has 0 aliphatic rings. The smallest absolute Gasteiger partial charge is 0.141 e. The summed E-state index contributed by atoms with van der Waals surface area (Å²) >= 11 is 0. The summed E-state index contributed by atoms with van der Waals surface area (Å²) in [5.41, 5.74) is 1.93. The summed E-state index contributed by atoms with van der Waals surface area (Å²) in [7, 11) is 0. The highest BCUT2D eigenvalue weighted by Gasteiger charge is 2.18. The first kappa shape index (κ1) is 14.3. The van der Waals surface area contributed by atoms with Crippen molar-refractivity contribution in [3.05, 3.63) is 65.7 Å². The lowest BCUT2D eigenvalue weighted by Crippen LogP contribution is -2.10. The van der Waals surface area contributed by atoms with Gasteiger partial charge in [-0.25, -0.2) is 0 Å². The number of benzene rings is 2. The first-order valence-corrected chi connectivity index (χ1v) is 6.61. The number of aliphatic hydroxyl groups excluding tert-OH is 1. The minimum atomic E-state index is -0.247. The van der Waals surface area contributed by atoms with Crippen LogP contribution in [0.1, 0.15) is 24.0 Å². The molecule has 2 aromatic carbocycles. The summed E-state index contributed by atoms with van der Waals surface area (Å²) in [6.07, 6.45) is 0. The molecule has 2 aromatic rings. The average Bonchev–Trinajstić information content (AvgIpc) is 2.47. The normalized spacial score (nSPS) is 11.9. The Balaban J connectivity index is 2.24. The third-order valence-electron chi connectivity index (χ3n) is 3.11. The Bertz CT molecular complexity index is 546. The third-order valence-corrected chi connectivity index (χ3v) is 3.11. The molecule has 0 aliphatic heterocycles. The molecule has 1 atom stereocenters. The number of hydrogen-bond donors (Lipinski definition) is 1. The number of ether oxygens (including phenoxy) is 1. The fourth-order valence-corrected chi connectivity index (χ4v) is 2.23. The van der Waals surface area contributed by atoms with Crippen molar-refractivity contribution in [2.45, 2.75) is 12.8 Å². The second-order valence-electron chi connectivity index (χ2n) is 4.60. The van der Waals surface area contributed by atoms with Crippen molar-refractivity contribution < 1.29 is 14.6 Å². The fourth-order valence-electron chi connectivity index (χ4n) is 2.23. The Morgan fingerprint density at radius 3 is 2.20 bits per heavy atom. The molecule has 1 N–H and O–H groups in total. The Morgan fingerprint density at radius 1 is 1.05 bits per heavy atom. The fraction of sp³-hybridized carbons (Fsp3) is 0.235. The quantitative estimate of drug-likeness (QED) is 0.878. The summed E-state index contributed by atoms with van der Waals surface area (Å²) in [6, 6.07) is 17.2. The van der Waals surface area contributed by atoms with E-state index in [0.717, 1.165) is 11.1 Å². The van der Waals surface area contributed by atoms with E-state index in [4.69, 9.17) is 9.84 Å². The maximum absolute atomic E-state index is 11.9. The first-order valence-electron chi connectivity index (χ1n) is 6.61. The number of ketones is 1. The predicted octanol–water partition coefficient (Wildman–Crippen LogP) is 2.78. The van der Waals surface area contributed by atoms with Crippen molar-refractivity contribution in [3.8, 4) is 5.75 Å². The van der Waals surface area contributed by atoms with Crippen LogP contribution in [0.4, 0.5) is 0 Å². The number of Topliss-reactive ketones (excluding diaryl/α,β-unsaturated/α-hetero) is 1. The topological polar surface area (TPSA) is 46.5 Å². The molecule has 104 valence electrons. The van der Waals surface area contributed by atoms with Crippen LogP contribution >= 0.6 is 0 Å². The molecule has 0 fully saturated rings. The molecule has 0 heterocycles. The minimum Gasteiger partial charge on any atom is -0.491 e. The van der Waals surface area contributed by atoms with Crippen molar-refractivity contribution in [1.82, 2.24) is 0 Å². The molecule has 0 spiro atoms. The van der Waals surface area contributed by atoms with Gasteiger partial charge in [0.1, 0.15) is 18.1 Å². The van der Waals surface area contributed by atoms with Gasteiger partial charge in [-0.15, -0.1) is 0 Å². The molecule has 0 saturated heterocycles. The van der Waals surface area contributed by atoms with Crippen LogP contribution in [0, 0.1) is 0 Å². The van der Waals surface area contributed by atoms with Crippen LogP contribution in [-0.2, 0) is 4.79 Å². The lowest BCUT2D eigenvalue weighted by Gasteiger charge is -2.15. The standard InChI is InChI=1S/C17H18O3/c1-13(19)17(14-5-3-2-4-6-14)15-7-9-16(10-8-15)20-12-11-18/h2-10,17-18H,11-12H2,1H3. The Hall–Kier alpha value is -2.13. The third kappa shape index (κ3) is 3.45. The van der Waals surface area contributed by atoms with E-state index in [9.17, 15) is 4.79 Å². The van der Waals surface area contributed by atoms with E-state index in [1.165, 1.54) is 0 Å². The zero-order chi connectivity index (χ0) is 14.4. The molecule has 0 amide bonds. The molecule has 0 aliphatic carbocycles. The number of carbonyl (C=O) groups is 1. The number of rotatable bonds is 6. The van der Waals surface area contributed by atoms with Crippen LogP contribution in [0.15, 0.2) is 54.6 Å². The molecule has 0 aromatic heterocycles. The summed E-state index contributed by atoms with van der Waals surface area (Å²) < 4.78 is 5.32. The van der Waals surface area contributed by atoms with Crippen LogP contribution in [0.25, 0.3) is 0 Å². The zero-order valence-electron chi connectivity index (χ0n) is 11.5. The van der Waals surface area contributed by atoms with E-state index in [1.54, 1.807) is 6.92 Å². The van der Waals surface area contributed by atoms with E-state index >= 15 is 0 Å². The maximum Gasteiger partial charge on any atom is 0.141 e. The van der Waals surface area contributed by atoms with Gasteiger partial charge in [-0.3, -0.25) is 4.79 Å². The summed E-state index contributed by atoms with van der Waals surface area (Å²) in [4.78, 5) is 11.9. The van der Waals surface area contributed by atoms with Gasteiger partial charge in [-0.05, 0) is 30.2 Å². The molecule has 2 rings (SSSR count). The van der Waals surface area contributed by atoms with Crippen molar-refractivity contribution in [2.75, 3.05) is 13.2 Å². The Labute approximate surface area is 118 Å². The second kappa shape index (κ2) is 6.87. The molecule has 0 bridgehead atoms. The van der Waals surface area contributed by atoms with Gasteiger partial charge in [0, 0.05) is 0 Å². The highest BCUT2D eigenvalue weighted by Crippen LogP contribution is 2.27. The minimum absolute atomic E-state index is 0.0121. The van der Waals surface area contributed by atoms with Crippen molar-refractivity contribution in [2.24, 2.45) is 0 Å². The summed E-state index contributed by atoms with van der Waals surface area (Å²) in [5.74, 6) is 0.557. The van der Waals surface area contributed by atoms with Gasteiger partial charge in [0.25, 0.3) is 0 Å². The van der Waals surface area contributed by atoms with E-state index in [0.29, 0.717) is 5.75 Å². The summed E-state index contributed by atoms with van der Waals surface area (Å²) in [6.45, 7) is 1.86. The molecule has 3 heteroatoms. The van der Waals surface area contributed by atoms with E-state index < -0.39 is 0 Å². The summed E-state index contributed by atoms with van der Waals surface area (Å²) in [5, 5.41) is 8.72. The maximum atomic E-state index is 11.9. The highest BCUT2D eigenvalue weighted by molar-refractivity contribution is 5.86. The van der Waals surface area contributed by atoms with E-state index in [-0.39, 0.29) is 24.9 Å². The van der Waals surface area contributed by atoms with Crippen LogP contribution in [0.2, 0.25) is 0 Å². The van der Waals surface area contributed by atoms with Crippen molar-refractivity contribution >= 4 is 5.78 Å². The number of hydrogen-bond acceptors (Lipinski definition) is 3. The lowest BCUT2D eigenvalue weighted by atomic mass is 9.88. The van der Waals surface area contributed by atoms with Crippen LogP contribution in [0.5, 0.6) is 5.75 Å². The first-order chi connectivity index (χ1) is 9.72. The van der Waals surface area contributed by atoms with Gasteiger partial charge in [-0.1, -0.05) is 42.5 Å². The van der Waals surface area contributed by atoms with Gasteiger partial charge in [-0.2, -0.15) is 0 Å². The van der Waals surface area contributed by atoms with Crippen molar-refractivity contribution in [3.63, 3.8) is 0 Å².